The molecule has 4 rings (SSSR count). The fourth-order valence-electron chi connectivity index (χ4n) is 4.61. The van der Waals surface area contributed by atoms with Crippen molar-refractivity contribution in [3.05, 3.63) is 116 Å². The maximum absolute atomic E-state index is 14.9. The topological polar surface area (TPSA) is 72.2 Å². The average Bonchev–Trinajstić information content (AvgIpc) is 2.86. The number of anilines is 1. The highest BCUT2D eigenvalue weighted by Crippen LogP contribution is 2.35. The minimum atomic E-state index is -0.688. The van der Waals surface area contributed by atoms with E-state index in [4.69, 9.17) is 4.52 Å². The molecule has 0 unspecified atom stereocenters. The fraction of sp³-hybridized carbons (Fsp3) is 0.219. The number of aromatic nitrogens is 1. The number of nitrogens with zero attached hydrogens (tertiary/aromatic N) is 1. The first-order valence-corrected chi connectivity index (χ1v) is 12.3. The molecule has 192 valence electrons. The monoisotopic (exact) mass is 508 g/mol. The number of nitrogens with one attached hydrogen (secondary N) is 1. The molecule has 0 saturated carbocycles. The number of fused-ring (bicyclic) bond motifs is 1. The highest BCUT2D eigenvalue weighted by molar-refractivity contribution is 6.05. The van der Waals surface area contributed by atoms with Gasteiger partial charge in [-0.1, -0.05) is 60.7 Å². The Balaban J connectivity index is 1.70. The molecule has 1 heterocycles. The van der Waals surface area contributed by atoms with E-state index in [1.807, 2.05) is 58.0 Å². The fourth-order valence-corrected chi connectivity index (χ4v) is 4.61. The van der Waals surface area contributed by atoms with Gasteiger partial charge in [0.25, 0.3) is 5.91 Å². The van der Waals surface area contributed by atoms with Crippen LogP contribution in [-0.4, -0.2) is 11.1 Å². The van der Waals surface area contributed by atoms with Crippen LogP contribution in [0.3, 0.4) is 0 Å². The molecule has 0 aliphatic carbocycles. The standard InChI is InChI=1S/C32H29FN2O3/c1-20-12-14-23(15-13-20)9-7-10-24(19-32(4,5)29-21(2)8-6-11-28(29)33)30(36)34-25-16-17-26-27(18-25)22(3)35-38-31(26)37/h6,8,10-18H,19H2,1-5H3,(H,34,36). The van der Waals surface area contributed by atoms with E-state index in [2.05, 4.69) is 22.3 Å². The molecular weight excluding hydrogens is 479 g/mol. The Kier molecular flexibility index (Phi) is 7.59. The molecule has 1 amide bonds. The number of carbonyl (C=O) groups is 1. The van der Waals surface area contributed by atoms with Crippen LogP contribution < -0.4 is 10.9 Å². The quantitative estimate of drug-likeness (QED) is 0.246. The van der Waals surface area contributed by atoms with Crippen LogP contribution in [0.4, 0.5) is 10.1 Å². The van der Waals surface area contributed by atoms with Gasteiger partial charge in [0.05, 0.1) is 11.1 Å². The number of rotatable bonds is 5. The second-order valence-corrected chi connectivity index (χ2v) is 10.1. The number of halogens is 1. The molecule has 1 N–H and O–H groups in total. The van der Waals surface area contributed by atoms with Crippen molar-refractivity contribution in [1.82, 2.24) is 5.16 Å². The van der Waals surface area contributed by atoms with Gasteiger partial charge < -0.3 is 9.84 Å². The average molecular weight is 509 g/mol. The SMILES string of the molecule is Cc1ccc(C#CC=C(CC(C)(C)c2c(C)cccc2F)C(=O)Nc2ccc3c(=O)onc(C)c3c2)cc1. The summed E-state index contributed by atoms with van der Waals surface area (Å²) >= 11 is 0. The Morgan fingerprint density at radius 3 is 2.50 bits per heavy atom. The molecule has 4 aromatic rings. The van der Waals surface area contributed by atoms with Crippen LogP contribution in [0.1, 0.15) is 48.2 Å². The smallest absolute Gasteiger partial charge is 0.322 e. The summed E-state index contributed by atoms with van der Waals surface area (Å²) in [5.74, 6) is 5.41. The van der Waals surface area contributed by atoms with Gasteiger partial charge in [0.1, 0.15) is 5.82 Å². The minimum absolute atomic E-state index is 0.251. The van der Waals surface area contributed by atoms with E-state index in [1.54, 1.807) is 37.3 Å². The third kappa shape index (κ3) is 5.90. The summed E-state index contributed by atoms with van der Waals surface area (Å²) < 4.78 is 19.7. The normalized spacial score (nSPS) is 11.7. The molecule has 6 heteroatoms. The molecule has 0 spiro atoms. The predicted octanol–water partition coefficient (Wildman–Crippen LogP) is 6.54. The zero-order valence-electron chi connectivity index (χ0n) is 22.1. The van der Waals surface area contributed by atoms with E-state index in [1.165, 1.54) is 6.07 Å². The van der Waals surface area contributed by atoms with Gasteiger partial charge >= 0.3 is 5.63 Å². The van der Waals surface area contributed by atoms with Crippen LogP contribution in [0.25, 0.3) is 10.8 Å². The van der Waals surface area contributed by atoms with Gasteiger partial charge in [-0.05, 0) is 86.2 Å². The Morgan fingerprint density at radius 2 is 1.79 bits per heavy atom. The summed E-state index contributed by atoms with van der Waals surface area (Å²) in [6.07, 6.45) is 1.84. The first kappa shape index (κ1) is 26.6. The van der Waals surface area contributed by atoms with E-state index in [0.717, 1.165) is 16.7 Å². The van der Waals surface area contributed by atoms with Gasteiger partial charge in [-0.15, -0.1) is 0 Å². The third-order valence-corrected chi connectivity index (χ3v) is 6.49. The van der Waals surface area contributed by atoms with E-state index < -0.39 is 11.0 Å². The second kappa shape index (κ2) is 10.9. The maximum atomic E-state index is 14.9. The van der Waals surface area contributed by atoms with E-state index in [0.29, 0.717) is 33.3 Å². The van der Waals surface area contributed by atoms with Crippen molar-refractivity contribution >= 4 is 22.4 Å². The van der Waals surface area contributed by atoms with Crippen molar-refractivity contribution < 1.29 is 13.7 Å². The molecular formula is C32H29FN2O3. The first-order valence-electron chi connectivity index (χ1n) is 12.3. The van der Waals surface area contributed by atoms with Crippen LogP contribution in [0.2, 0.25) is 0 Å². The van der Waals surface area contributed by atoms with Crippen molar-refractivity contribution in [2.24, 2.45) is 0 Å². The van der Waals surface area contributed by atoms with Crippen molar-refractivity contribution in [3.63, 3.8) is 0 Å². The lowest BCUT2D eigenvalue weighted by Gasteiger charge is -2.28. The van der Waals surface area contributed by atoms with Gasteiger partial charge in [-0.2, -0.15) is 0 Å². The Bertz CT molecular complexity index is 1650. The Labute approximate surface area is 221 Å². The molecule has 0 radical (unpaired) electrons. The molecule has 0 aliphatic heterocycles. The Hall–Kier alpha value is -4.50. The molecule has 0 fully saturated rings. The minimum Gasteiger partial charge on any atom is -0.322 e. The zero-order valence-corrected chi connectivity index (χ0v) is 22.1. The van der Waals surface area contributed by atoms with Crippen LogP contribution in [-0.2, 0) is 10.2 Å². The van der Waals surface area contributed by atoms with Gasteiger partial charge in [-0.25, -0.2) is 9.18 Å². The molecule has 38 heavy (non-hydrogen) atoms. The molecule has 0 aliphatic rings. The van der Waals surface area contributed by atoms with Gasteiger partial charge in [0.2, 0.25) is 0 Å². The summed E-state index contributed by atoms with van der Waals surface area (Å²) in [4.78, 5) is 25.5. The summed E-state index contributed by atoms with van der Waals surface area (Å²) in [5, 5.41) is 7.65. The second-order valence-electron chi connectivity index (χ2n) is 10.1. The van der Waals surface area contributed by atoms with Gasteiger partial charge in [0, 0.05) is 22.2 Å². The highest BCUT2D eigenvalue weighted by atomic mass is 19.1. The van der Waals surface area contributed by atoms with Crippen LogP contribution >= 0.6 is 0 Å². The number of hydrogen-bond acceptors (Lipinski definition) is 4. The van der Waals surface area contributed by atoms with Crippen LogP contribution in [0.5, 0.6) is 0 Å². The van der Waals surface area contributed by atoms with E-state index in [9.17, 15) is 14.0 Å². The van der Waals surface area contributed by atoms with Gasteiger partial charge in [-0.3, -0.25) is 4.79 Å². The van der Waals surface area contributed by atoms with Crippen molar-refractivity contribution in [2.75, 3.05) is 5.32 Å². The summed E-state index contributed by atoms with van der Waals surface area (Å²) in [7, 11) is 0. The third-order valence-electron chi connectivity index (χ3n) is 6.49. The maximum Gasteiger partial charge on any atom is 0.366 e. The molecule has 3 aromatic carbocycles. The van der Waals surface area contributed by atoms with Crippen molar-refractivity contribution in [3.8, 4) is 11.8 Å². The summed E-state index contributed by atoms with van der Waals surface area (Å²) in [6, 6.07) is 17.7. The highest BCUT2D eigenvalue weighted by Gasteiger charge is 2.29. The van der Waals surface area contributed by atoms with Crippen molar-refractivity contribution in [2.45, 2.75) is 46.5 Å². The number of hydrogen-bond donors (Lipinski definition) is 1. The van der Waals surface area contributed by atoms with Crippen LogP contribution in [0.15, 0.2) is 81.6 Å². The lowest BCUT2D eigenvalue weighted by atomic mass is 9.76. The number of carbonyl (C=O) groups excluding carboxylic acids is 1. The van der Waals surface area contributed by atoms with Gasteiger partial charge in [0.15, 0.2) is 0 Å². The van der Waals surface area contributed by atoms with E-state index in [-0.39, 0.29) is 18.1 Å². The lowest BCUT2D eigenvalue weighted by molar-refractivity contribution is -0.113. The number of aryl methyl sites for hydroxylation is 3. The number of allylic oxidation sites excluding steroid dienone is 1. The molecule has 1 aromatic heterocycles. The van der Waals surface area contributed by atoms with Crippen LogP contribution in [0, 0.1) is 38.4 Å². The lowest BCUT2D eigenvalue weighted by Crippen LogP contribution is -2.25. The Morgan fingerprint density at radius 1 is 1.05 bits per heavy atom. The molecule has 5 nitrogen and oxygen atoms in total. The number of benzene rings is 3. The van der Waals surface area contributed by atoms with E-state index >= 15 is 0 Å². The summed E-state index contributed by atoms with van der Waals surface area (Å²) in [6.45, 7) is 9.42. The number of amides is 1. The predicted molar refractivity (Wildman–Crippen MR) is 149 cm³/mol. The summed E-state index contributed by atoms with van der Waals surface area (Å²) in [5.41, 5.74) is 3.53. The first-order chi connectivity index (χ1) is 18.0. The van der Waals surface area contributed by atoms with Crippen molar-refractivity contribution in [1.29, 1.82) is 0 Å². The molecule has 0 saturated heterocycles. The molecule has 0 bridgehead atoms. The molecule has 0 atom stereocenters. The largest absolute Gasteiger partial charge is 0.366 e. The zero-order chi connectivity index (χ0) is 27.4.